The molecular formula is C14H21ClN2O. The van der Waals surface area contributed by atoms with E-state index < -0.39 is 6.04 Å². The lowest BCUT2D eigenvalue weighted by atomic mass is 9.98. The molecule has 100 valence electrons. The summed E-state index contributed by atoms with van der Waals surface area (Å²) in [6, 6.07) is 6.88. The average Bonchev–Trinajstić information content (AvgIpc) is 2.37. The normalized spacial score (nSPS) is 15.8. The number of hydrogen-bond donors (Lipinski definition) is 2. The predicted molar refractivity (Wildman–Crippen MR) is 75.4 cm³/mol. The van der Waals surface area contributed by atoms with Gasteiger partial charge in [-0.05, 0) is 24.5 Å². The lowest BCUT2D eigenvalue weighted by Crippen LogP contribution is -2.45. The summed E-state index contributed by atoms with van der Waals surface area (Å²) < 4.78 is 0. The molecule has 0 spiro atoms. The Balaban J connectivity index is 2.68. The molecule has 0 saturated carbocycles. The maximum Gasteiger partial charge on any atom is 0.237 e. The Bertz CT molecular complexity index is 409. The molecule has 18 heavy (non-hydrogen) atoms. The van der Waals surface area contributed by atoms with Crippen molar-refractivity contribution in [3.05, 3.63) is 34.9 Å². The second kappa shape index (κ2) is 6.76. The van der Waals surface area contributed by atoms with Gasteiger partial charge in [0.25, 0.3) is 0 Å². The molecule has 1 amide bonds. The van der Waals surface area contributed by atoms with Crippen molar-refractivity contribution in [3.8, 4) is 0 Å². The molecule has 3 N–H and O–H groups in total. The van der Waals surface area contributed by atoms with Crippen LogP contribution in [-0.2, 0) is 4.79 Å². The molecule has 0 bridgehead atoms. The SMILES string of the molecule is CCC(C)C(N)C(=O)N[C@H](C)c1ccccc1Cl. The molecule has 3 nitrogen and oxygen atoms in total. The van der Waals surface area contributed by atoms with E-state index in [4.69, 9.17) is 17.3 Å². The third kappa shape index (κ3) is 3.72. The predicted octanol–water partition coefficient (Wildman–Crippen LogP) is 2.89. The number of nitrogens with two attached hydrogens (primary N) is 1. The number of carbonyl (C=O) groups is 1. The van der Waals surface area contributed by atoms with E-state index in [0.717, 1.165) is 12.0 Å². The molecule has 1 rings (SSSR count). The minimum absolute atomic E-state index is 0.128. The summed E-state index contributed by atoms with van der Waals surface area (Å²) in [5.74, 6) is 0.0419. The van der Waals surface area contributed by atoms with Gasteiger partial charge < -0.3 is 11.1 Å². The topological polar surface area (TPSA) is 55.1 Å². The molecule has 3 atom stereocenters. The van der Waals surface area contributed by atoms with Gasteiger partial charge in [-0.1, -0.05) is 50.1 Å². The minimum atomic E-state index is -0.472. The zero-order valence-corrected chi connectivity index (χ0v) is 11.9. The summed E-state index contributed by atoms with van der Waals surface area (Å²) in [7, 11) is 0. The van der Waals surface area contributed by atoms with Crippen molar-refractivity contribution in [2.45, 2.75) is 39.3 Å². The molecule has 1 aromatic rings. The molecule has 0 saturated heterocycles. The van der Waals surface area contributed by atoms with E-state index >= 15 is 0 Å². The quantitative estimate of drug-likeness (QED) is 0.863. The lowest BCUT2D eigenvalue weighted by Gasteiger charge is -2.21. The first-order valence-electron chi connectivity index (χ1n) is 6.27. The largest absolute Gasteiger partial charge is 0.348 e. The highest BCUT2D eigenvalue weighted by Crippen LogP contribution is 2.22. The molecule has 4 heteroatoms. The number of benzene rings is 1. The Kier molecular flexibility index (Phi) is 5.63. The van der Waals surface area contributed by atoms with Crippen molar-refractivity contribution >= 4 is 17.5 Å². The number of halogens is 1. The van der Waals surface area contributed by atoms with E-state index in [1.807, 2.05) is 45.0 Å². The van der Waals surface area contributed by atoms with Crippen molar-refractivity contribution in [2.75, 3.05) is 0 Å². The highest BCUT2D eigenvalue weighted by Gasteiger charge is 2.21. The monoisotopic (exact) mass is 268 g/mol. The molecular weight excluding hydrogens is 248 g/mol. The van der Waals surface area contributed by atoms with Crippen LogP contribution in [0.5, 0.6) is 0 Å². The molecule has 0 aliphatic carbocycles. The van der Waals surface area contributed by atoms with Gasteiger partial charge in [-0.2, -0.15) is 0 Å². The number of rotatable bonds is 5. The molecule has 2 unspecified atom stereocenters. The van der Waals surface area contributed by atoms with Crippen LogP contribution in [0.4, 0.5) is 0 Å². The highest BCUT2D eigenvalue weighted by molar-refractivity contribution is 6.31. The lowest BCUT2D eigenvalue weighted by molar-refractivity contribution is -0.124. The van der Waals surface area contributed by atoms with Crippen LogP contribution in [-0.4, -0.2) is 11.9 Å². The van der Waals surface area contributed by atoms with E-state index in [9.17, 15) is 4.79 Å². The standard InChI is InChI=1S/C14H21ClN2O/c1-4-9(2)13(16)14(18)17-10(3)11-7-5-6-8-12(11)15/h5-10,13H,4,16H2,1-3H3,(H,17,18)/t9?,10-,13?/m1/s1. The summed E-state index contributed by atoms with van der Waals surface area (Å²) >= 11 is 6.09. The maximum absolute atomic E-state index is 12.0. The van der Waals surface area contributed by atoms with E-state index in [2.05, 4.69) is 5.32 Å². The number of carbonyl (C=O) groups excluding carboxylic acids is 1. The molecule has 0 aliphatic heterocycles. The fourth-order valence-electron chi connectivity index (χ4n) is 1.73. The van der Waals surface area contributed by atoms with Gasteiger partial charge in [0.2, 0.25) is 5.91 Å². The second-order valence-corrected chi connectivity index (χ2v) is 5.07. The minimum Gasteiger partial charge on any atom is -0.348 e. The van der Waals surface area contributed by atoms with Crippen LogP contribution in [0.1, 0.15) is 38.8 Å². The van der Waals surface area contributed by atoms with Crippen LogP contribution in [0.15, 0.2) is 24.3 Å². The van der Waals surface area contributed by atoms with Gasteiger partial charge in [-0.15, -0.1) is 0 Å². The Labute approximate surface area is 114 Å². The second-order valence-electron chi connectivity index (χ2n) is 4.66. The van der Waals surface area contributed by atoms with Crippen LogP contribution in [0.25, 0.3) is 0 Å². The van der Waals surface area contributed by atoms with Crippen molar-refractivity contribution in [1.29, 1.82) is 0 Å². The Morgan fingerprint density at radius 2 is 2.00 bits per heavy atom. The van der Waals surface area contributed by atoms with Crippen LogP contribution < -0.4 is 11.1 Å². The summed E-state index contributed by atoms with van der Waals surface area (Å²) in [5.41, 5.74) is 6.80. The van der Waals surface area contributed by atoms with E-state index in [-0.39, 0.29) is 17.9 Å². The van der Waals surface area contributed by atoms with E-state index in [1.165, 1.54) is 0 Å². The first kappa shape index (κ1) is 15.0. The summed E-state index contributed by atoms with van der Waals surface area (Å²) in [5, 5.41) is 3.56. The molecule has 0 aliphatic rings. The summed E-state index contributed by atoms with van der Waals surface area (Å²) in [6.07, 6.45) is 0.884. The zero-order valence-electron chi connectivity index (χ0n) is 11.1. The first-order chi connectivity index (χ1) is 8.47. The Hall–Kier alpha value is -1.06. The van der Waals surface area contributed by atoms with Gasteiger partial charge in [-0.3, -0.25) is 4.79 Å². The molecule has 0 heterocycles. The Morgan fingerprint density at radius 3 is 2.56 bits per heavy atom. The van der Waals surface area contributed by atoms with Crippen LogP contribution in [0, 0.1) is 5.92 Å². The smallest absolute Gasteiger partial charge is 0.237 e. The fraction of sp³-hybridized carbons (Fsp3) is 0.500. The van der Waals surface area contributed by atoms with Gasteiger partial charge in [0.05, 0.1) is 12.1 Å². The molecule has 0 radical (unpaired) electrons. The van der Waals surface area contributed by atoms with Gasteiger partial charge in [-0.25, -0.2) is 0 Å². The van der Waals surface area contributed by atoms with Crippen LogP contribution in [0.3, 0.4) is 0 Å². The average molecular weight is 269 g/mol. The Morgan fingerprint density at radius 1 is 1.39 bits per heavy atom. The third-order valence-corrected chi connectivity index (χ3v) is 3.63. The molecule has 1 aromatic carbocycles. The molecule has 0 aromatic heterocycles. The van der Waals surface area contributed by atoms with Gasteiger partial charge in [0.1, 0.15) is 0 Å². The van der Waals surface area contributed by atoms with Crippen molar-refractivity contribution in [1.82, 2.24) is 5.32 Å². The maximum atomic E-state index is 12.0. The van der Waals surface area contributed by atoms with Gasteiger partial charge in [0.15, 0.2) is 0 Å². The van der Waals surface area contributed by atoms with Crippen molar-refractivity contribution in [2.24, 2.45) is 11.7 Å². The number of nitrogens with one attached hydrogen (secondary N) is 1. The van der Waals surface area contributed by atoms with Gasteiger partial charge >= 0.3 is 0 Å². The van der Waals surface area contributed by atoms with Crippen molar-refractivity contribution in [3.63, 3.8) is 0 Å². The van der Waals surface area contributed by atoms with Crippen LogP contribution >= 0.6 is 11.6 Å². The van der Waals surface area contributed by atoms with E-state index in [1.54, 1.807) is 0 Å². The van der Waals surface area contributed by atoms with Gasteiger partial charge in [0, 0.05) is 5.02 Å². The zero-order chi connectivity index (χ0) is 13.7. The molecule has 0 fully saturated rings. The number of amides is 1. The third-order valence-electron chi connectivity index (χ3n) is 3.29. The van der Waals surface area contributed by atoms with Crippen LogP contribution in [0.2, 0.25) is 5.02 Å². The fourth-order valence-corrected chi connectivity index (χ4v) is 2.03. The van der Waals surface area contributed by atoms with E-state index in [0.29, 0.717) is 5.02 Å². The number of hydrogen-bond acceptors (Lipinski definition) is 2. The first-order valence-corrected chi connectivity index (χ1v) is 6.65. The summed E-state index contributed by atoms with van der Waals surface area (Å²) in [4.78, 5) is 12.0. The highest BCUT2D eigenvalue weighted by atomic mass is 35.5. The summed E-state index contributed by atoms with van der Waals surface area (Å²) in [6.45, 7) is 5.90. The van der Waals surface area contributed by atoms with Crippen molar-refractivity contribution < 1.29 is 4.79 Å².